The van der Waals surface area contributed by atoms with Gasteiger partial charge in [-0.15, -0.1) is 12.4 Å². The summed E-state index contributed by atoms with van der Waals surface area (Å²) >= 11 is 0. The number of nitrogens with zero attached hydrogens (tertiary/aromatic N) is 1. The standard InChI is InChI=1S/C13H17N3O3.ClH/c1-9(15-13(17)11-5-6-14-8-11)10-3-2-4-12(7-10)16(18)19;/h2-4,7,9,11,14H,5-6,8H2,1H3,(H,15,17);1H. The van der Waals surface area contributed by atoms with Crippen molar-refractivity contribution in [2.45, 2.75) is 19.4 Å². The van der Waals surface area contributed by atoms with Gasteiger partial charge in [-0.2, -0.15) is 0 Å². The van der Waals surface area contributed by atoms with Gasteiger partial charge in [-0.1, -0.05) is 12.1 Å². The van der Waals surface area contributed by atoms with Crippen LogP contribution in [0.5, 0.6) is 0 Å². The number of hydrogen-bond acceptors (Lipinski definition) is 4. The Kier molecular flexibility index (Phi) is 5.91. The summed E-state index contributed by atoms with van der Waals surface area (Å²) in [5.41, 5.74) is 0.787. The lowest BCUT2D eigenvalue weighted by atomic mass is 10.0. The second kappa shape index (κ2) is 7.21. The number of halogens is 1. The summed E-state index contributed by atoms with van der Waals surface area (Å²) in [6, 6.07) is 6.13. The Labute approximate surface area is 123 Å². The van der Waals surface area contributed by atoms with Gasteiger partial charge in [-0.3, -0.25) is 14.9 Å². The lowest BCUT2D eigenvalue weighted by Gasteiger charge is -2.16. The molecular weight excluding hydrogens is 282 g/mol. The zero-order valence-corrected chi connectivity index (χ0v) is 12.0. The van der Waals surface area contributed by atoms with Crippen molar-refractivity contribution in [2.75, 3.05) is 13.1 Å². The zero-order chi connectivity index (χ0) is 13.8. The Balaban J connectivity index is 0.00000200. The maximum absolute atomic E-state index is 12.0. The third-order valence-corrected chi connectivity index (χ3v) is 3.37. The van der Waals surface area contributed by atoms with E-state index in [2.05, 4.69) is 10.6 Å². The van der Waals surface area contributed by atoms with Crippen LogP contribution in [-0.4, -0.2) is 23.9 Å². The molecule has 1 aromatic carbocycles. The van der Waals surface area contributed by atoms with E-state index in [1.54, 1.807) is 12.1 Å². The van der Waals surface area contributed by atoms with E-state index in [4.69, 9.17) is 0 Å². The van der Waals surface area contributed by atoms with Gasteiger partial charge in [0.15, 0.2) is 0 Å². The van der Waals surface area contributed by atoms with E-state index in [0.717, 1.165) is 18.5 Å². The van der Waals surface area contributed by atoms with Gasteiger partial charge in [-0.05, 0) is 25.5 Å². The number of nitrogens with one attached hydrogen (secondary N) is 2. The Morgan fingerprint density at radius 3 is 2.90 bits per heavy atom. The minimum atomic E-state index is -0.432. The average molecular weight is 300 g/mol. The lowest BCUT2D eigenvalue weighted by molar-refractivity contribution is -0.384. The van der Waals surface area contributed by atoms with Crippen LogP contribution in [0.25, 0.3) is 0 Å². The minimum Gasteiger partial charge on any atom is -0.349 e. The van der Waals surface area contributed by atoms with E-state index in [0.29, 0.717) is 6.54 Å². The molecule has 1 aromatic rings. The highest BCUT2D eigenvalue weighted by atomic mass is 35.5. The molecule has 2 atom stereocenters. The molecule has 2 N–H and O–H groups in total. The van der Waals surface area contributed by atoms with Crippen LogP contribution in [0.2, 0.25) is 0 Å². The predicted octanol–water partition coefficient (Wildman–Crippen LogP) is 1.80. The molecule has 0 spiro atoms. The number of nitro groups is 1. The zero-order valence-electron chi connectivity index (χ0n) is 11.2. The van der Waals surface area contributed by atoms with E-state index in [-0.39, 0.29) is 36.0 Å². The monoisotopic (exact) mass is 299 g/mol. The molecule has 2 rings (SSSR count). The predicted molar refractivity (Wildman–Crippen MR) is 77.9 cm³/mol. The first-order chi connectivity index (χ1) is 9.08. The number of nitro benzene ring substituents is 1. The maximum atomic E-state index is 12.0. The molecule has 0 aliphatic carbocycles. The molecule has 1 amide bonds. The number of rotatable bonds is 4. The maximum Gasteiger partial charge on any atom is 0.269 e. The van der Waals surface area contributed by atoms with Gasteiger partial charge >= 0.3 is 0 Å². The Morgan fingerprint density at radius 1 is 1.55 bits per heavy atom. The van der Waals surface area contributed by atoms with E-state index < -0.39 is 4.92 Å². The number of non-ortho nitro benzene ring substituents is 1. The summed E-state index contributed by atoms with van der Waals surface area (Å²) in [4.78, 5) is 22.2. The summed E-state index contributed by atoms with van der Waals surface area (Å²) in [7, 11) is 0. The molecule has 20 heavy (non-hydrogen) atoms. The van der Waals surface area contributed by atoms with Gasteiger partial charge in [0.05, 0.1) is 16.9 Å². The molecule has 2 unspecified atom stereocenters. The number of benzene rings is 1. The van der Waals surface area contributed by atoms with Crippen LogP contribution >= 0.6 is 12.4 Å². The molecule has 6 nitrogen and oxygen atoms in total. The fourth-order valence-electron chi connectivity index (χ4n) is 2.20. The van der Waals surface area contributed by atoms with E-state index >= 15 is 0 Å². The van der Waals surface area contributed by atoms with Crippen LogP contribution in [0.15, 0.2) is 24.3 Å². The van der Waals surface area contributed by atoms with Crippen molar-refractivity contribution >= 4 is 24.0 Å². The first-order valence-electron chi connectivity index (χ1n) is 6.33. The molecule has 1 aliphatic rings. The first-order valence-corrected chi connectivity index (χ1v) is 6.33. The normalized spacial score (nSPS) is 18.9. The molecule has 1 fully saturated rings. The van der Waals surface area contributed by atoms with Crippen molar-refractivity contribution in [1.82, 2.24) is 10.6 Å². The fourth-order valence-corrected chi connectivity index (χ4v) is 2.20. The smallest absolute Gasteiger partial charge is 0.269 e. The number of hydrogen-bond donors (Lipinski definition) is 2. The van der Waals surface area contributed by atoms with Gasteiger partial charge in [0.2, 0.25) is 5.91 Å². The SMILES string of the molecule is CC(NC(=O)C1CCNC1)c1cccc([N+](=O)[O-])c1.Cl. The number of carbonyl (C=O) groups is 1. The van der Waals surface area contributed by atoms with Gasteiger partial charge < -0.3 is 10.6 Å². The van der Waals surface area contributed by atoms with Crippen molar-refractivity contribution in [3.8, 4) is 0 Å². The summed E-state index contributed by atoms with van der Waals surface area (Å²) in [5.74, 6) is 0.00477. The third kappa shape index (κ3) is 3.91. The lowest BCUT2D eigenvalue weighted by Crippen LogP contribution is -2.33. The Morgan fingerprint density at radius 2 is 2.30 bits per heavy atom. The van der Waals surface area contributed by atoms with Crippen molar-refractivity contribution in [3.63, 3.8) is 0 Å². The largest absolute Gasteiger partial charge is 0.349 e. The molecule has 1 saturated heterocycles. The van der Waals surface area contributed by atoms with E-state index in [1.165, 1.54) is 12.1 Å². The highest BCUT2D eigenvalue weighted by Crippen LogP contribution is 2.19. The van der Waals surface area contributed by atoms with Crippen LogP contribution in [0.3, 0.4) is 0 Å². The molecule has 0 radical (unpaired) electrons. The quantitative estimate of drug-likeness (QED) is 0.656. The van der Waals surface area contributed by atoms with Crippen molar-refractivity contribution in [1.29, 1.82) is 0 Å². The molecule has 7 heteroatoms. The Bertz CT molecular complexity index is 490. The van der Waals surface area contributed by atoms with Crippen molar-refractivity contribution < 1.29 is 9.72 Å². The molecule has 1 heterocycles. The first kappa shape index (κ1) is 16.4. The second-order valence-corrected chi connectivity index (χ2v) is 4.77. The van der Waals surface area contributed by atoms with Crippen LogP contribution in [0.4, 0.5) is 5.69 Å². The van der Waals surface area contributed by atoms with Gasteiger partial charge in [-0.25, -0.2) is 0 Å². The minimum absolute atomic E-state index is 0. The van der Waals surface area contributed by atoms with Crippen LogP contribution in [0, 0.1) is 16.0 Å². The van der Waals surface area contributed by atoms with Gasteiger partial charge in [0, 0.05) is 18.7 Å². The summed E-state index contributed by atoms with van der Waals surface area (Å²) in [6.45, 7) is 3.40. The molecule has 0 bridgehead atoms. The highest BCUT2D eigenvalue weighted by molar-refractivity contribution is 5.85. The fraction of sp³-hybridized carbons (Fsp3) is 0.462. The van der Waals surface area contributed by atoms with Crippen LogP contribution in [0.1, 0.15) is 24.9 Å². The van der Waals surface area contributed by atoms with Gasteiger partial charge in [0.25, 0.3) is 5.69 Å². The summed E-state index contributed by atoms with van der Waals surface area (Å²) < 4.78 is 0. The molecule has 110 valence electrons. The topological polar surface area (TPSA) is 84.3 Å². The second-order valence-electron chi connectivity index (χ2n) is 4.77. The van der Waals surface area contributed by atoms with E-state index in [9.17, 15) is 14.9 Å². The molecular formula is C13H18ClN3O3. The highest BCUT2D eigenvalue weighted by Gasteiger charge is 2.24. The van der Waals surface area contributed by atoms with Crippen LogP contribution in [-0.2, 0) is 4.79 Å². The van der Waals surface area contributed by atoms with Crippen molar-refractivity contribution in [3.05, 3.63) is 39.9 Å². The molecule has 1 aliphatic heterocycles. The number of amides is 1. The molecule has 0 saturated carbocycles. The summed E-state index contributed by atoms with van der Waals surface area (Å²) in [6.07, 6.45) is 0.841. The third-order valence-electron chi connectivity index (χ3n) is 3.37. The Hall–Kier alpha value is -1.66. The number of carbonyl (C=O) groups excluding carboxylic acids is 1. The van der Waals surface area contributed by atoms with E-state index in [1.807, 2.05) is 6.92 Å². The van der Waals surface area contributed by atoms with Gasteiger partial charge in [0.1, 0.15) is 0 Å². The molecule has 0 aromatic heterocycles. The van der Waals surface area contributed by atoms with Crippen LogP contribution < -0.4 is 10.6 Å². The average Bonchev–Trinajstić information content (AvgIpc) is 2.92. The summed E-state index contributed by atoms with van der Waals surface area (Å²) in [5, 5.41) is 16.8. The van der Waals surface area contributed by atoms with Crippen molar-refractivity contribution in [2.24, 2.45) is 5.92 Å².